The molecular weight excluding hydrogens is 405 g/mol. The summed E-state index contributed by atoms with van der Waals surface area (Å²) in [5, 5.41) is 3.20. The summed E-state index contributed by atoms with van der Waals surface area (Å²) < 4.78 is 3.42. The normalized spacial score (nSPS) is 11.3. The van der Waals surface area contributed by atoms with Crippen molar-refractivity contribution in [1.29, 1.82) is 0 Å². The van der Waals surface area contributed by atoms with Crippen molar-refractivity contribution in [2.75, 3.05) is 5.88 Å². The molecule has 0 atom stereocenters. The zero-order chi connectivity index (χ0) is 14.1. The van der Waals surface area contributed by atoms with Crippen LogP contribution in [-0.4, -0.2) is 20.4 Å². The first-order valence-electron chi connectivity index (χ1n) is 6.29. The van der Waals surface area contributed by atoms with E-state index in [1.807, 2.05) is 6.92 Å². The summed E-state index contributed by atoms with van der Waals surface area (Å²) in [6.45, 7) is 2.79. The van der Waals surface area contributed by atoms with Crippen LogP contribution < -0.4 is 0 Å². The average Bonchev–Trinajstić information content (AvgIpc) is 2.95. The van der Waals surface area contributed by atoms with E-state index in [2.05, 4.69) is 55.7 Å². The molecule has 3 nitrogen and oxygen atoms in total. The van der Waals surface area contributed by atoms with Gasteiger partial charge in [0.15, 0.2) is 0 Å². The van der Waals surface area contributed by atoms with Gasteiger partial charge in [0.05, 0.1) is 28.3 Å². The molecule has 0 saturated heterocycles. The Morgan fingerprint density at radius 3 is 2.90 bits per heavy atom. The van der Waals surface area contributed by atoms with Gasteiger partial charge in [-0.05, 0) is 47.7 Å². The van der Waals surface area contributed by atoms with Gasteiger partial charge in [-0.1, -0.05) is 0 Å². The predicted octanol–water partition coefficient (Wildman–Crippen LogP) is 4.24. The fourth-order valence-corrected chi connectivity index (χ4v) is 3.50. The van der Waals surface area contributed by atoms with E-state index < -0.39 is 0 Å². The van der Waals surface area contributed by atoms with Crippen molar-refractivity contribution in [3.05, 3.63) is 43.7 Å². The van der Waals surface area contributed by atoms with Crippen LogP contribution in [0.1, 0.15) is 16.5 Å². The number of rotatable bonds is 4. The van der Waals surface area contributed by atoms with Crippen LogP contribution in [-0.2, 0) is 13.0 Å². The lowest BCUT2D eigenvalue weighted by molar-refractivity contribution is 0.740. The first-order chi connectivity index (χ1) is 9.67. The topological polar surface area (TPSA) is 30.7 Å². The maximum absolute atomic E-state index is 5.91. The molecule has 6 heteroatoms. The number of aromatic nitrogens is 3. The van der Waals surface area contributed by atoms with Gasteiger partial charge in [0.2, 0.25) is 0 Å². The maximum Gasteiger partial charge on any atom is 0.111 e. The third kappa shape index (κ3) is 2.84. The molecule has 104 valence electrons. The average molecular weight is 418 g/mol. The minimum atomic E-state index is 0.580. The third-order valence-corrected chi connectivity index (χ3v) is 4.78. The number of thiazole rings is 1. The Labute approximate surface area is 140 Å². The quantitative estimate of drug-likeness (QED) is 0.470. The zero-order valence-corrected chi connectivity index (χ0v) is 14.7. The van der Waals surface area contributed by atoms with Crippen LogP contribution >= 0.6 is 45.5 Å². The van der Waals surface area contributed by atoms with Crippen molar-refractivity contribution in [1.82, 2.24) is 14.5 Å². The molecule has 1 aromatic carbocycles. The van der Waals surface area contributed by atoms with Gasteiger partial charge in [-0.3, -0.25) is 0 Å². The summed E-state index contributed by atoms with van der Waals surface area (Å²) in [4.78, 5) is 9.26. The van der Waals surface area contributed by atoms with Crippen molar-refractivity contribution in [3.63, 3.8) is 0 Å². The van der Waals surface area contributed by atoms with Crippen LogP contribution in [0.2, 0.25) is 0 Å². The highest BCUT2D eigenvalue weighted by Gasteiger charge is 2.12. The van der Waals surface area contributed by atoms with Crippen LogP contribution in [0.15, 0.2) is 23.6 Å². The molecule has 0 aliphatic heterocycles. The molecule has 0 N–H and O–H groups in total. The summed E-state index contributed by atoms with van der Waals surface area (Å²) in [5.74, 6) is 1.61. The number of hydrogen-bond donors (Lipinski definition) is 0. The third-order valence-electron chi connectivity index (χ3n) is 3.09. The molecule has 0 spiro atoms. The molecule has 3 rings (SSSR count). The van der Waals surface area contributed by atoms with Crippen LogP contribution in [0, 0.1) is 10.5 Å². The van der Waals surface area contributed by atoms with Gasteiger partial charge in [-0.15, -0.1) is 22.9 Å². The zero-order valence-electron chi connectivity index (χ0n) is 10.9. The number of imidazole rings is 1. The molecule has 0 aliphatic rings. The summed E-state index contributed by atoms with van der Waals surface area (Å²) in [7, 11) is 0. The number of benzene rings is 1. The second kappa shape index (κ2) is 5.99. The van der Waals surface area contributed by atoms with E-state index >= 15 is 0 Å². The van der Waals surface area contributed by atoms with Crippen LogP contribution in [0.3, 0.4) is 0 Å². The first kappa shape index (κ1) is 14.3. The van der Waals surface area contributed by atoms with E-state index in [0.717, 1.165) is 40.5 Å². The minimum Gasteiger partial charge on any atom is -0.322 e. The SMILES string of the molecule is Cc1nc(Cn2c(CCCl)nc3cc(I)ccc32)cs1. The van der Waals surface area contributed by atoms with Crippen molar-refractivity contribution >= 4 is 56.6 Å². The Morgan fingerprint density at radius 1 is 1.35 bits per heavy atom. The Kier molecular flexibility index (Phi) is 4.28. The van der Waals surface area contributed by atoms with Gasteiger partial charge in [-0.2, -0.15) is 0 Å². The molecule has 3 aromatic rings. The van der Waals surface area contributed by atoms with E-state index in [1.165, 1.54) is 3.57 Å². The molecule has 2 aromatic heterocycles. The Morgan fingerprint density at radius 2 is 2.20 bits per heavy atom. The van der Waals surface area contributed by atoms with Crippen molar-refractivity contribution in [3.8, 4) is 0 Å². The largest absolute Gasteiger partial charge is 0.322 e. The van der Waals surface area contributed by atoms with E-state index in [0.29, 0.717) is 5.88 Å². The Hall–Kier alpha value is -0.660. The molecule has 0 fully saturated rings. The predicted molar refractivity (Wildman–Crippen MR) is 92.8 cm³/mol. The summed E-state index contributed by atoms with van der Waals surface area (Å²) in [5.41, 5.74) is 3.27. The molecule has 2 heterocycles. The second-order valence-electron chi connectivity index (χ2n) is 4.54. The highest BCUT2D eigenvalue weighted by atomic mass is 127. The smallest absolute Gasteiger partial charge is 0.111 e. The lowest BCUT2D eigenvalue weighted by Crippen LogP contribution is -2.06. The van der Waals surface area contributed by atoms with Gasteiger partial charge in [0.1, 0.15) is 5.82 Å². The van der Waals surface area contributed by atoms with Crippen LogP contribution in [0.5, 0.6) is 0 Å². The molecule has 0 amide bonds. The Balaban J connectivity index is 2.08. The molecule has 0 radical (unpaired) electrons. The number of alkyl halides is 1. The maximum atomic E-state index is 5.91. The van der Waals surface area contributed by atoms with Crippen LogP contribution in [0.25, 0.3) is 11.0 Å². The van der Waals surface area contributed by atoms with Gasteiger partial charge >= 0.3 is 0 Å². The van der Waals surface area contributed by atoms with E-state index in [9.17, 15) is 0 Å². The van der Waals surface area contributed by atoms with Gasteiger partial charge < -0.3 is 4.57 Å². The summed E-state index contributed by atoms with van der Waals surface area (Å²) in [6.07, 6.45) is 0.774. The number of halogens is 2. The number of fused-ring (bicyclic) bond motifs is 1. The highest BCUT2D eigenvalue weighted by Crippen LogP contribution is 2.21. The van der Waals surface area contributed by atoms with E-state index in [-0.39, 0.29) is 0 Å². The van der Waals surface area contributed by atoms with E-state index in [1.54, 1.807) is 11.3 Å². The standard InChI is InChI=1S/C14H13ClIN3S/c1-9-17-11(8-20-9)7-19-13-3-2-10(16)6-12(13)18-14(19)4-5-15/h2-3,6,8H,4-5,7H2,1H3. The lowest BCUT2D eigenvalue weighted by Gasteiger charge is -2.06. The fraction of sp³-hybridized carbons (Fsp3) is 0.286. The van der Waals surface area contributed by atoms with Crippen molar-refractivity contribution in [2.45, 2.75) is 19.9 Å². The molecule has 20 heavy (non-hydrogen) atoms. The molecule has 0 saturated carbocycles. The number of aryl methyl sites for hydroxylation is 2. The van der Waals surface area contributed by atoms with Crippen molar-refractivity contribution in [2.24, 2.45) is 0 Å². The summed E-state index contributed by atoms with van der Waals surface area (Å²) in [6, 6.07) is 6.34. The first-order valence-corrected chi connectivity index (χ1v) is 8.78. The van der Waals surface area contributed by atoms with Crippen LogP contribution in [0.4, 0.5) is 0 Å². The molecule has 0 aliphatic carbocycles. The molecule has 0 bridgehead atoms. The molecular formula is C14H13ClIN3S. The van der Waals surface area contributed by atoms with Gasteiger partial charge in [0, 0.05) is 21.3 Å². The van der Waals surface area contributed by atoms with Gasteiger partial charge in [-0.25, -0.2) is 9.97 Å². The fourth-order valence-electron chi connectivity index (χ4n) is 2.25. The lowest BCUT2D eigenvalue weighted by atomic mass is 10.3. The number of nitrogens with zero attached hydrogens (tertiary/aromatic N) is 3. The Bertz CT molecular complexity index is 750. The second-order valence-corrected chi connectivity index (χ2v) is 7.23. The van der Waals surface area contributed by atoms with E-state index in [4.69, 9.17) is 16.6 Å². The van der Waals surface area contributed by atoms with Gasteiger partial charge in [0.25, 0.3) is 0 Å². The highest BCUT2D eigenvalue weighted by molar-refractivity contribution is 14.1. The monoisotopic (exact) mass is 417 g/mol. The van der Waals surface area contributed by atoms with Crippen molar-refractivity contribution < 1.29 is 0 Å². The summed E-state index contributed by atoms with van der Waals surface area (Å²) >= 11 is 9.90. The number of hydrogen-bond acceptors (Lipinski definition) is 3. The minimum absolute atomic E-state index is 0.580. The molecule has 0 unspecified atom stereocenters.